The summed E-state index contributed by atoms with van der Waals surface area (Å²) in [6.07, 6.45) is 0. The molecule has 0 N–H and O–H groups in total. The predicted octanol–water partition coefficient (Wildman–Crippen LogP) is 5.05. The lowest BCUT2D eigenvalue weighted by Gasteiger charge is -2.12. The van der Waals surface area contributed by atoms with Crippen LogP contribution in [0, 0.1) is 6.92 Å². The van der Waals surface area contributed by atoms with Crippen LogP contribution >= 0.6 is 23.4 Å². The molecule has 3 rings (SSSR count). The van der Waals surface area contributed by atoms with Gasteiger partial charge in [0.15, 0.2) is 22.5 Å². The molecule has 0 saturated carbocycles. The Morgan fingerprint density at radius 1 is 1.04 bits per heavy atom. The van der Waals surface area contributed by atoms with Crippen molar-refractivity contribution in [2.45, 2.75) is 31.4 Å². The predicted molar refractivity (Wildman–Crippen MR) is 109 cm³/mol. The van der Waals surface area contributed by atoms with Crippen molar-refractivity contribution in [3.05, 3.63) is 64.4 Å². The topological polar surface area (TPSA) is 49.2 Å². The quantitative estimate of drug-likeness (QED) is 0.493. The number of ether oxygens (including phenoxy) is 2. The van der Waals surface area contributed by atoms with Crippen LogP contribution in [0.2, 0.25) is 5.02 Å². The van der Waals surface area contributed by atoms with Crippen LogP contribution in [-0.4, -0.2) is 21.4 Å². The zero-order valence-electron chi connectivity index (χ0n) is 15.6. The summed E-state index contributed by atoms with van der Waals surface area (Å²) in [6.45, 7) is 4.90. The fraction of sp³-hybridized carbons (Fsp3) is 0.300. The van der Waals surface area contributed by atoms with Crippen molar-refractivity contribution in [1.82, 2.24) is 14.8 Å². The van der Waals surface area contributed by atoms with Gasteiger partial charge in [-0.15, -0.1) is 10.2 Å². The Labute approximate surface area is 168 Å². The van der Waals surface area contributed by atoms with Gasteiger partial charge in [-0.1, -0.05) is 41.6 Å². The molecular formula is C20H22ClN3O2S. The molecule has 0 aliphatic rings. The van der Waals surface area contributed by atoms with E-state index in [9.17, 15) is 0 Å². The first kappa shape index (κ1) is 19.6. The third-order valence-corrected chi connectivity index (χ3v) is 5.31. The van der Waals surface area contributed by atoms with Crippen LogP contribution in [0.3, 0.4) is 0 Å². The zero-order valence-corrected chi connectivity index (χ0v) is 17.2. The highest BCUT2D eigenvalue weighted by molar-refractivity contribution is 7.98. The van der Waals surface area contributed by atoms with E-state index in [1.807, 2.05) is 67.9 Å². The van der Waals surface area contributed by atoms with Gasteiger partial charge in [0.2, 0.25) is 0 Å². The minimum atomic E-state index is 0.328. The van der Waals surface area contributed by atoms with E-state index in [4.69, 9.17) is 21.1 Å². The van der Waals surface area contributed by atoms with Gasteiger partial charge < -0.3 is 14.0 Å². The van der Waals surface area contributed by atoms with Crippen molar-refractivity contribution in [1.29, 1.82) is 0 Å². The van der Waals surface area contributed by atoms with Gasteiger partial charge in [-0.3, -0.25) is 0 Å². The van der Waals surface area contributed by atoms with E-state index in [1.165, 1.54) is 5.56 Å². The van der Waals surface area contributed by atoms with E-state index in [-0.39, 0.29) is 0 Å². The smallest absolute Gasteiger partial charge is 0.191 e. The third-order valence-electron chi connectivity index (χ3n) is 3.96. The summed E-state index contributed by atoms with van der Waals surface area (Å²) in [5, 5.41) is 10.1. The van der Waals surface area contributed by atoms with Gasteiger partial charge in [0.05, 0.1) is 6.61 Å². The van der Waals surface area contributed by atoms with Crippen LogP contribution in [0.15, 0.2) is 47.6 Å². The fourth-order valence-electron chi connectivity index (χ4n) is 2.47. The number of hydrogen-bond donors (Lipinski definition) is 0. The number of thioether (sulfide) groups is 1. The first-order chi connectivity index (χ1) is 13.1. The molecule has 0 unspecified atom stereocenters. The SMILES string of the molecule is CCOc1cc(C)ccc1OCc1nnc(SCc2ccc(Cl)cc2)n1C. The maximum absolute atomic E-state index is 5.93. The number of aryl methyl sites for hydroxylation is 1. The summed E-state index contributed by atoms with van der Waals surface area (Å²) in [5.41, 5.74) is 2.32. The third kappa shape index (κ3) is 5.17. The van der Waals surface area contributed by atoms with E-state index in [0.29, 0.717) is 19.0 Å². The van der Waals surface area contributed by atoms with E-state index in [1.54, 1.807) is 11.8 Å². The Bertz CT molecular complexity index is 897. The second-order valence-corrected chi connectivity index (χ2v) is 7.42. The maximum Gasteiger partial charge on any atom is 0.191 e. The lowest BCUT2D eigenvalue weighted by molar-refractivity contribution is 0.260. The van der Waals surface area contributed by atoms with Crippen molar-refractivity contribution in [2.24, 2.45) is 7.05 Å². The maximum atomic E-state index is 5.93. The number of nitrogens with zero attached hydrogens (tertiary/aromatic N) is 3. The summed E-state index contributed by atoms with van der Waals surface area (Å²) in [4.78, 5) is 0. The van der Waals surface area contributed by atoms with Crippen molar-refractivity contribution < 1.29 is 9.47 Å². The molecule has 0 atom stereocenters. The Balaban J connectivity index is 1.63. The lowest BCUT2D eigenvalue weighted by atomic mass is 10.2. The Morgan fingerprint density at radius 2 is 1.81 bits per heavy atom. The number of rotatable bonds is 8. The molecular weight excluding hydrogens is 382 g/mol. The Morgan fingerprint density at radius 3 is 2.56 bits per heavy atom. The standard InChI is InChI=1S/C20H22ClN3O2S/c1-4-25-18-11-14(2)5-10-17(18)26-12-19-22-23-20(24(19)3)27-13-15-6-8-16(21)9-7-15/h5-11H,4,12-13H2,1-3H3. The molecule has 0 aliphatic heterocycles. The average Bonchev–Trinajstić information content (AvgIpc) is 3.01. The summed E-state index contributed by atoms with van der Waals surface area (Å²) >= 11 is 7.55. The largest absolute Gasteiger partial charge is 0.490 e. The molecule has 27 heavy (non-hydrogen) atoms. The van der Waals surface area contributed by atoms with Crippen molar-refractivity contribution >= 4 is 23.4 Å². The summed E-state index contributed by atoms with van der Waals surface area (Å²) in [6, 6.07) is 13.7. The van der Waals surface area contributed by atoms with Crippen molar-refractivity contribution in [3.8, 4) is 11.5 Å². The van der Waals surface area contributed by atoms with Crippen molar-refractivity contribution in [2.75, 3.05) is 6.61 Å². The summed E-state index contributed by atoms with van der Waals surface area (Å²) < 4.78 is 13.5. The molecule has 2 aromatic carbocycles. The van der Waals surface area contributed by atoms with Gasteiger partial charge in [0.1, 0.15) is 6.61 Å². The minimum Gasteiger partial charge on any atom is -0.490 e. The molecule has 1 aromatic heterocycles. The van der Waals surface area contributed by atoms with Crippen LogP contribution in [0.1, 0.15) is 23.9 Å². The number of benzene rings is 2. The normalized spacial score (nSPS) is 10.8. The molecule has 0 spiro atoms. The van der Waals surface area contributed by atoms with E-state index in [0.717, 1.165) is 33.1 Å². The molecule has 3 aromatic rings. The molecule has 0 fully saturated rings. The highest BCUT2D eigenvalue weighted by atomic mass is 35.5. The molecule has 0 radical (unpaired) electrons. The number of halogens is 1. The minimum absolute atomic E-state index is 0.328. The van der Waals surface area contributed by atoms with Crippen LogP contribution in [-0.2, 0) is 19.4 Å². The number of aromatic nitrogens is 3. The first-order valence-corrected chi connectivity index (χ1v) is 10.0. The molecule has 0 aliphatic carbocycles. The summed E-state index contributed by atoms with van der Waals surface area (Å²) in [5.74, 6) is 3.02. The van der Waals surface area contributed by atoms with Crippen LogP contribution < -0.4 is 9.47 Å². The van der Waals surface area contributed by atoms with Gasteiger partial charge in [-0.25, -0.2) is 0 Å². The molecule has 7 heteroatoms. The van der Waals surface area contributed by atoms with Crippen molar-refractivity contribution in [3.63, 3.8) is 0 Å². The molecule has 0 saturated heterocycles. The molecule has 142 valence electrons. The monoisotopic (exact) mass is 403 g/mol. The molecule has 5 nitrogen and oxygen atoms in total. The first-order valence-electron chi connectivity index (χ1n) is 8.68. The van der Waals surface area contributed by atoms with E-state index in [2.05, 4.69) is 10.2 Å². The van der Waals surface area contributed by atoms with E-state index < -0.39 is 0 Å². The van der Waals surface area contributed by atoms with Crippen LogP contribution in [0.5, 0.6) is 11.5 Å². The highest BCUT2D eigenvalue weighted by Gasteiger charge is 2.12. The Kier molecular flexibility index (Phi) is 6.63. The van der Waals surface area contributed by atoms with Gasteiger partial charge in [0, 0.05) is 17.8 Å². The average molecular weight is 404 g/mol. The van der Waals surface area contributed by atoms with Gasteiger partial charge in [-0.05, 0) is 49.2 Å². The fourth-order valence-corrected chi connectivity index (χ4v) is 3.48. The zero-order chi connectivity index (χ0) is 19.2. The van der Waals surface area contributed by atoms with Crippen LogP contribution in [0.25, 0.3) is 0 Å². The van der Waals surface area contributed by atoms with Gasteiger partial charge >= 0.3 is 0 Å². The number of hydrogen-bond acceptors (Lipinski definition) is 5. The van der Waals surface area contributed by atoms with E-state index >= 15 is 0 Å². The summed E-state index contributed by atoms with van der Waals surface area (Å²) in [7, 11) is 1.95. The molecule has 0 bridgehead atoms. The molecule has 0 amide bonds. The van der Waals surface area contributed by atoms with Gasteiger partial charge in [0.25, 0.3) is 0 Å². The second kappa shape index (κ2) is 9.15. The second-order valence-electron chi connectivity index (χ2n) is 6.04. The highest BCUT2D eigenvalue weighted by Crippen LogP contribution is 2.29. The Hall–Kier alpha value is -2.18. The van der Waals surface area contributed by atoms with Crippen LogP contribution in [0.4, 0.5) is 0 Å². The lowest BCUT2D eigenvalue weighted by Crippen LogP contribution is -2.05. The van der Waals surface area contributed by atoms with Gasteiger partial charge in [-0.2, -0.15) is 0 Å². The molecule has 1 heterocycles.